The van der Waals surface area contributed by atoms with Gasteiger partial charge >= 0.3 is 0 Å². The number of hydrogen-bond donors (Lipinski definition) is 0. The zero-order valence-electron chi connectivity index (χ0n) is 8.10. The summed E-state index contributed by atoms with van der Waals surface area (Å²) in [7, 11) is 0. The van der Waals surface area contributed by atoms with Crippen molar-refractivity contribution in [2.45, 2.75) is 19.9 Å². The van der Waals surface area contributed by atoms with Crippen LogP contribution in [0.4, 0.5) is 5.69 Å². The second-order valence-electron chi connectivity index (χ2n) is 3.41. The highest BCUT2D eigenvalue weighted by Gasteiger charge is 2.06. The number of benzene rings is 1. The summed E-state index contributed by atoms with van der Waals surface area (Å²) in [6, 6.07) is 5.73. The van der Waals surface area contributed by atoms with E-state index in [1.54, 1.807) is 12.1 Å². The normalized spacial score (nSPS) is 10.7. The van der Waals surface area contributed by atoms with Gasteiger partial charge in [0.05, 0.1) is 12.1 Å². The van der Waals surface area contributed by atoms with Crippen LogP contribution < -0.4 is 0 Å². The van der Waals surface area contributed by atoms with Crippen molar-refractivity contribution in [2.24, 2.45) is 0 Å². The van der Waals surface area contributed by atoms with E-state index in [1.807, 2.05) is 10.7 Å². The maximum atomic E-state index is 6.88. The summed E-state index contributed by atoms with van der Waals surface area (Å²) >= 11 is 0. The van der Waals surface area contributed by atoms with Gasteiger partial charge in [-0.1, -0.05) is 11.3 Å². The monoisotopic (exact) mass is 186 g/mol. The molecule has 2 aromatic rings. The molecule has 0 aliphatic heterocycles. The van der Waals surface area contributed by atoms with Gasteiger partial charge in [0, 0.05) is 6.04 Å². The molecule has 0 unspecified atom stereocenters. The third-order valence-electron chi connectivity index (χ3n) is 2.07. The maximum absolute atomic E-state index is 6.88. The second kappa shape index (κ2) is 3.11. The van der Waals surface area contributed by atoms with Gasteiger partial charge in [0.25, 0.3) is 0 Å². The molecule has 0 amide bonds. The predicted octanol–water partition coefficient (Wildman–Crippen LogP) is 2.56. The van der Waals surface area contributed by atoms with Crippen molar-refractivity contribution >= 4 is 16.7 Å². The summed E-state index contributed by atoms with van der Waals surface area (Å²) in [5, 5.41) is 8.05. The summed E-state index contributed by atoms with van der Waals surface area (Å²) < 4.78 is 1.85. The summed E-state index contributed by atoms with van der Waals surface area (Å²) in [4.78, 5) is 3.35. The van der Waals surface area contributed by atoms with Crippen LogP contribution in [0, 0.1) is 6.57 Å². The summed E-state index contributed by atoms with van der Waals surface area (Å²) in [6.45, 7) is 11.0. The fraction of sp³-hybridized carbons (Fsp3) is 0.300. The van der Waals surface area contributed by atoms with Gasteiger partial charge in [0.15, 0.2) is 5.69 Å². The Morgan fingerprint density at radius 2 is 2.21 bits per heavy atom. The molecule has 0 N–H and O–H groups in total. The Kier molecular flexibility index (Phi) is 1.93. The van der Waals surface area contributed by atoms with Gasteiger partial charge in [-0.25, -0.2) is 9.53 Å². The van der Waals surface area contributed by atoms with Gasteiger partial charge in [0.2, 0.25) is 0 Å². The minimum Gasteiger partial charge on any atom is -0.242 e. The average Bonchev–Trinajstić information content (AvgIpc) is 2.59. The molecular formula is C10H10N4. The van der Waals surface area contributed by atoms with Gasteiger partial charge in [0.1, 0.15) is 5.52 Å². The number of fused-ring (bicyclic) bond motifs is 1. The van der Waals surface area contributed by atoms with E-state index in [2.05, 4.69) is 29.0 Å². The lowest BCUT2D eigenvalue weighted by atomic mass is 10.2. The number of aromatic nitrogens is 3. The molecule has 0 saturated carbocycles. The first-order chi connectivity index (χ1) is 6.72. The highest BCUT2D eigenvalue weighted by atomic mass is 15.4. The van der Waals surface area contributed by atoms with Crippen molar-refractivity contribution in [3.8, 4) is 0 Å². The molecular weight excluding hydrogens is 176 g/mol. The van der Waals surface area contributed by atoms with E-state index in [-0.39, 0.29) is 0 Å². The Hall–Kier alpha value is -1.89. The molecule has 0 aliphatic carbocycles. The standard InChI is InChI=1S/C10H10N4/c1-7(2)14-10-5-4-8(11-3)6-9(10)12-13-14/h4-7H,1-2H3. The van der Waals surface area contributed by atoms with Crippen molar-refractivity contribution in [2.75, 3.05) is 0 Å². The first kappa shape index (κ1) is 8.70. The average molecular weight is 186 g/mol. The van der Waals surface area contributed by atoms with Gasteiger partial charge in [-0.15, -0.1) is 5.10 Å². The molecule has 0 spiro atoms. The van der Waals surface area contributed by atoms with Crippen molar-refractivity contribution < 1.29 is 0 Å². The Morgan fingerprint density at radius 3 is 2.86 bits per heavy atom. The van der Waals surface area contributed by atoms with E-state index < -0.39 is 0 Å². The second-order valence-corrected chi connectivity index (χ2v) is 3.41. The van der Waals surface area contributed by atoms with Gasteiger partial charge < -0.3 is 0 Å². The molecule has 1 heterocycles. The number of hydrogen-bond acceptors (Lipinski definition) is 2. The van der Waals surface area contributed by atoms with Crippen LogP contribution in [-0.2, 0) is 0 Å². The van der Waals surface area contributed by atoms with Crippen LogP contribution in [0.5, 0.6) is 0 Å². The molecule has 0 bridgehead atoms. The van der Waals surface area contributed by atoms with Crippen LogP contribution in [-0.4, -0.2) is 15.0 Å². The first-order valence-electron chi connectivity index (χ1n) is 4.45. The SMILES string of the molecule is [C-]#[N+]c1ccc2c(c1)nnn2C(C)C. The van der Waals surface area contributed by atoms with Gasteiger partial charge in [-0.3, -0.25) is 0 Å². The Morgan fingerprint density at radius 1 is 1.43 bits per heavy atom. The lowest BCUT2D eigenvalue weighted by Crippen LogP contribution is -2.02. The van der Waals surface area contributed by atoms with Crippen LogP contribution in [0.2, 0.25) is 0 Å². The molecule has 0 fully saturated rings. The number of nitrogens with zero attached hydrogens (tertiary/aromatic N) is 4. The van der Waals surface area contributed by atoms with E-state index in [9.17, 15) is 0 Å². The molecule has 14 heavy (non-hydrogen) atoms. The topological polar surface area (TPSA) is 35.1 Å². The molecule has 1 aromatic carbocycles. The Balaban J connectivity index is 2.67. The smallest absolute Gasteiger partial charge is 0.189 e. The summed E-state index contributed by atoms with van der Waals surface area (Å²) in [5.74, 6) is 0. The molecule has 0 atom stereocenters. The predicted molar refractivity (Wildman–Crippen MR) is 54.2 cm³/mol. The van der Waals surface area contributed by atoms with Gasteiger partial charge in [-0.05, 0) is 26.0 Å². The van der Waals surface area contributed by atoms with E-state index in [0.29, 0.717) is 11.7 Å². The van der Waals surface area contributed by atoms with Crippen molar-refractivity contribution in [1.29, 1.82) is 0 Å². The van der Waals surface area contributed by atoms with Crippen molar-refractivity contribution in [3.05, 3.63) is 29.6 Å². The number of rotatable bonds is 1. The quantitative estimate of drug-likeness (QED) is 0.641. The third kappa shape index (κ3) is 1.23. The van der Waals surface area contributed by atoms with Crippen LogP contribution in [0.1, 0.15) is 19.9 Å². The Bertz CT molecular complexity index is 504. The molecule has 1 aromatic heterocycles. The maximum Gasteiger partial charge on any atom is 0.189 e. The molecule has 4 heteroatoms. The van der Waals surface area contributed by atoms with E-state index in [4.69, 9.17) is 6.57 Å². The van der Waals surface area contributed by atoms with Crippen LogP contribution >= 0.6 is 0 Å². The van der Waals surface area contributed by atoms with Crippen molar-refractivity contribution in [3.63, 3.8) is 0 Å². The lowest BCUT2D eigenvalue weighted by Gasteiger charge is -2.04. The minimum absolute atomic E-state index is 0.291. The van der Waals surface area contributed by atoms with E-state index in [1.165, 1.54) is 0 Å². The minimum atomic E-state index is 0.291. The van der Waals surface area contributed by atoms with Crippen LogP contribution in [0.25, 0.3) is 15.9 Å². The third-order valence-corrected chi connectivity index (χ3v) is 2.07. The van der Waals surface area contributed by atoms with Crippen molar-refractivity contribution in [1.82, 2.24) is 15.0 Å². The highest BCUT2D eigenvalue weighted by molar-refractivity contribution is 5.78. The molecule has 4 nitrogen and oxygen atoms in total. The fourth-order valence-corrected chi connectivity index (χ4v) is 1.38. The molecule has 0 aliphatic rings. The lowest BCUT2D eigenvalue weighted by molar-refractivity contribution is 0.530. The first-order valence-corrected chi connectivity index (χ1v) is 4.45. The zero-order valence-corrected chi connectivity index (χ0v) is 8.10. The van der Waals surface area contributed by atoms with Crippen LogP contribution in [0.15, 0.2) is 18.2 Å². The van der Waals surface area contributed by atoms with Gasteiger partial charge in [-0.2, -0.15) is 0 Å². The largest absolute Gasteiger partial charge is 0.242 e. The summed E-state index contributed by atoms with van der Waals surface area (Å²) in [5.41, 5.74) is 2.37. The molecule has 0 saturated heterocycles. The van der Waals surface area contributed by atoms with E-state index in [0.717, 1.165) is 11.0 Å². The summed E-state index contributed by atoms with van der Waals surface area (Å²) in [6.07, 6.45) is 0. The highest BCUT2D eigenvalue weighted by Crippen LogP contribution is 2.20. The molecule has 0 radical (unpaired) electrons. The Labute approximate surface area is 82.0 Å². The van der Waals surface area contributed by atoms with Crippen LogP contribution in [0.3, 0.4) is 0 Å². The van der Waals surface area contributed by atoms with E-state index >= 15 is 0 Å². The molecule has 2 rings (SSSR count). The molecule has 70 valence electrons. The fourth-order valence-electron chi connectivity index (χ4n) is 1.38. The zero-order chi connectivity index (χ0) is 10.1.